The Balaban J connectivity index is 1.83. The molecule has 2 aromatic carbocycles. The highest BCUT2D eigenvalue weighted by Crippen LogP contribution is 2.52. The maximum Gasteiger partial charge on any atom is 0.159 e. The Labute approximate surface area is 161 Å². The average Bonchev–Trinajstić information content (AvgIpc) is 3.07. The second kappa shape index (κ2) is 6.10. The molecule has 0 saturated heterocycles. The minimum absolute atomic E-state index is 0.536. The van der Waals surface area contributed by atoms with Crippen molar-refractivity contribution in [3.8, 4) is 0 Å². The van der Waals surface area contributed by atoms with E-state index in [1.54, 1.807) is 10.5 Å². The van der Waals surface area contributed by atoms with Crippen LogP contribution in [-0.2, 0) is 0 Å². The quantitative estimate of drug-likeness (QED) is 0.473. The molecule has 0 fully saturated rings. The van der Waals surface area contributed by atoms with Gasteiger partial charge in [0.15, 0.2) is 8.24 Å². The smallest absolute Gasteiger partial charge is 0.159 e. The molecule has 0 spiro atoms. The summed E-state index contributed by atoms with van der Waals surface area (Å²) in [5, 5.41) is 1.43. The zero-order chi connectivity index (χ0) is 18.6. The Morgan fingerprint density at radius 1 is 0.885 bits per heavy atom. The van der Waals surface area contributed by atoms with Crippen LogP contribution in [0.15, 0.2) is 48.0 Å². The zero-order valence-corrected chi connectivity index (χ0v) is 18.3. The van der Waals surface area contributed by atoms with Gasteiger partial charge in [0.05, 0.1) is 0 Å². The summed E-state index contributed by atoms with van der Waals surface area (Å²) in [5.74, 6) is 0. The molecule has 0 amide bonds. The Morgan fingerprint density at radius 3 is 2.23 bits per heavy atom. The molecule has 134 valence electrons. The van der Waals surface area contributed by atoms with Crippen LogP contribution in [0.2, 0.25) is 13.1 Å². The van der Waals surface area contributed by atoms with Crippen LogP contribution < -0.4 is 4.98 Å². The SMILES string of the molecule is CC1=C(C)C([Si](C)(C)Nc2c(C)cccc2C)c2sc3ccccc3c21. The molecule has 1 N–H and O–H groups in total. The molecule has 0 saturated carbocycles. The maximum absolute atomic E-state index is 4.04. The molecule has 1 unspecified atom stereocenters. The number of allylic oxidation sites excluding steroid dienone is 2. The Bertz CT molecular complexity index is 1020. The lowest BCUT2D eigenvalue weighted by molar-refractivity contribution is 1.09. The van der Waals surface area contributed by atoms with Gasteiger partial charge in [0.25, 0.3) is 0 Å². The molecule has 1 heterocycles. The van der Waals surface area contributed by atoms with Crippen molar-refractivity contribution in [3.63, 3.8) is 0 Å². The summed E-state index contributed by atoms with van der Waals surface area (Å²) in [7, 11) is -1.79. The Morgan fingerprint density at radius 2 is 1.54 bits per heavy atom. The second-order valence-corrected chi connectivity index (χ2v) is 13.5. The Kier molecular flexibility index (Phi) is 4.12. The molecule has 1 aliphatic rings. The van der Waals surface area contributed by atoms with E-state index in [-0.39, 0.29) is 0 Å². The van der Waals surface area contributed by atoms with Crippen molar-refractivity contribution >= 4 is 40.9 Å². The number of anilines is 1. The predicted molar refractivity (Wildman–Crippen MR) is 120 cm³/mol. The van der Waals surface area contributed by atoms with Crippen molar-refractivity contribution in [2.24, 2.45) is 0 Å². The topological polar surface area (TPSA) is 12.0 Å². The van der Waals surface area contributed by atoms with E-state index in [1.165, 1.54) is 38.0 Å². The minimum atomic E-state index is -1.79. The van der Waals surface area contributed by atoms with Gasteiger partial charge in [-0.2, -0.15) is 0 Å². The minimum Gasteiger partial charge on any atom is -0.409 e. The van der Waals surface area contributed by atoms with E-state index in [4.69, 9.17) is 0 Å². The standard InChI is InChI=1S/C23H27NSSi/c1-14-10-9-11-15(2)21(14)24-26(5,6)23-17(4)16(3)20-18-12-7-8-13-19(18)25-22(20)23/h7-13,23-24H,1-6H3. The lowest BCUT2D eigenvalue weighted by Crippen LogP contribution is -2.44. The molecule has 3 heteroatoms. The van der Waals surface area contributed by atoms with Crippen LogP contribution in [0.5, 0.6) is 0 Å². The maximum atomic E-state index is 4.04. The third-order valence-electron chi connectivity index (χ3n) is 5.93. The number of thiophene rings is 1. The van der Waals surface area contributed by atoms with E-state index in [1.807, 2.05) is 11.3 Å². The van der Waals surface area contributed by atoms with Crippen LogP contribution in [0, 0.1) is 13.8 Å². The molecular weight excluding hydrogens is 350 g/mol. The van der Waals surface area contributed by atoms with Crippen LogP contribution in [0.25, 0.3) is 15.7 Å². The van der Waals surface area contributed by atoms with E-state index in [0.717, 1.165) is 0 Å². The molecule has 0 bridgehead atoms. The first-order valence-electron chi connectivity index (χ1n) is 9.35. The van der Waals surface area contributed by atoms with E-state index >= 15 is 0 Å². The van der Waals surface area contributed by atoms with Crippen molar-refractivity contribution in [1.29, 1.82) is 0 Å². The number of nitrogens with one attached hydrogen (secondary N) is 1. The first-order chi connectivity index (χ1) is 12.3. The largest absolute Gasteiger partial charge is 0.409 e. The van der Waals surface area contributed by atoms with Gasteiger partial charge in [-0.25, -0.2) is 0 Å². The lowest BCUT2D eigenvalue weighted by atomic mass is 10.1. The van der Waals surface area contributed by atoms with Crippen LogP contribution >= 0.6 is 11.3 Å². The van der Waals surface area contributed by atoms with Gasteiger partial charge in [-0.1, -0.05) is 55.1 Å². The van der Waals surface area contributed by atoms with Crippen molar-refractivity contribution in [3.05, 3.63) is 69.6 Å². The molecule has 0 radical (unpaired) electrons. The molecule has 1 nitrogen and oxygen atoms in total. The second-order valence-electron chi connectivity index (χ2n) is 8.19. The summed E-state index contributed by atoms with van der Waals surface area (Å²) in [6.45, 7) is 14.1. The number of hydrogen-bond acceptors (Lipinski definition) is 2. The van der Waals surface area contributed by atoms with Gasteiger partial charge in [-0.3, -0.25) is 0 Å². The van der Waals surface area contributed by atoms with Gasteiger partial charge >= 0.3 is 0 Å². The summed E-state index contributed by atoms with van der Waals surface area (Å²) in [4.78, 5) is 5.62. The molecule has 1 aromatic heterocycles. The summed E-state index contributed by atoms with van der Waals surface area (Å²) < 4.78 is 1.42. The van der Waals surface area contributed by atoms with E-state index in [2.05, 4.69) is 88.2 Å². The fourth-order valence-corrected chi connectivity index (χ4v) is 10.2. The van der Waals surface area contributed by atoms with E-state index in [9.17, 15) is 0 Å². The van der Waals surface area contributed by atoms with Gasteiger partial charge in [-0.15, -0.1) is 11.3 Å². The van der Waals surface area contributed by atoms with Crippen molar-refractivity contribution in [1.82, 2.24) is 0 Å². The number of fused-ring (bicyclic) bond motifs is 3. The van der Waals surface area contributed by atoms with Crippen molar-refractivity contribution in [2.75, 3.05) is 4.98 Å². The average molecular weight is 378 g/mol. The Hall–Kier alpha value is -1.84. The van der Waals surface area contributed by atoms with Gasteiger partial charge < -0.3 is 4.98 Å². The lowest BCUT2D eigenvalue weighted by Gasteiger charge is -2.34. The fourth-order valence-electron chi connectivity index (χ4n) is 4.54. The molecule has 0 aliphatic heterocycles. The summed E-state index contributed by atoms with van der Waals surface area (Å²) in [6, 6.07) is 15.5. The van der Waals surface area contributed by atoms with Gasteiger partial charge in [0.1, 0.15) is 0 Å². The van der Waals surface area contributed by atoms with Crippen molar-refractivity contribution < 1.29 is 0 Å². The van der Waals surface area contributed by atoms with Crippen LogP contribution in [0.1, 0.15) is 41.0 Å². The monoisotopic (exact) mass is 377 g/mol. The third-order valence-corrected chi connectivity index (χ3v) is 10.4. The summed E-state index contributed by atoms with van der Waals surface area (Å²) in [6.07, 6.45) is 0. The molecule has 3 aromatic rings. The first kappa shape index (κ1) is 17.6. The van der Waals surface area contributed by atoms with Crippen molar-refractivity contribution in [2.45, 2.75) is 46.3 Å². The molecule has 26 heavy (non-hydrogen) atoms. The highest BCUT2D eigenvalue weighted by Gasteiger charge is 2.42. The highest BCUT2D eigenvalue weighted by molar-refractivity contribution is 7.20. The third kappa shape index (κ3) is 2.57. The van der Waals surface area contributed by atoms with Gasteiger partial charge in [0.2, 0.25) is 0 Å². The molecule has 1 aliphatic carbocycles. The van der Waals surface area contributed by atoms with E-state index < -0.39 is 8.24 Å². The summed E-state index contributed by atoms with van der Waals surface area (Å²) >= 11 is 2.00. The number of hydrogen-bond donors (Lipinski definition) is 1. The number of para-hydroxylation sites is 1. The van der Waals surface area contributed by atoms with Crippen LogP contribution in [0.4, 0.5) is 5.69 Å². The fraction of sp³-hybridized carbons (Fsp3) is 0.304. The normalized spacial score (nSPS) is 17.1. The number of rotatable bonds is 3. The summed E-state index contributed by atoms with van der Waals surface area (Å²) in [5.41, 5.74) is 9.13. The highest BCUT2D eigenvalue weighted by atomic mass is 32.1. The zero-order valence-electron chi connectivity index (χ0n) is 16.5. The molecule has 1 atom stereocenters. The number of aryl methyl sites for hydroxylation is 2. The molecular formula is C23H27NSSi. The van der Waals surface area contributed by atoms with Gasteiger partial charge in [-0.05, 0) is 56.0 Å². The van der Waals surface area contributed by atoms with Crippen LogP contribution in [0.3, 0.4) is 0 Å². The predicted octanol–water partition coefficient (Wildman–Crippen LogP) is 7.27. The molecule has 4 rings (SSSR count). The number of benzene rings is 2. The van der Waals surface area contributed by atoms with Crippen LogP contribution in [-0.4, -0.2) is 8.24 Å². The first-order valence-corrected chi connectivity index (χ1v) is 13.2. The van der Waals surface area contributed by atoms with E-state index in [0.29, 0.717) is 5.54 Å². The van der Waals surface area contributed by atoms with Gasteiger partial charge in [0, 0.05) is 26.2 Å².